The Morgan fingerprint density at radius 1 is 0.973 bits per heavy atom. The number of hydrogen-bond acceptors (Lipinski definition) is 4. The topological polar surface area (TPSA) is 62.9 Å². The van der Waals surface area contributed by atoms with Crippen molar-refractivity contribution in [1.29, 1.82) is 0 Å². The zero-order valence-electron chi connectivity index (χ0n) is 19.5. The van der Waals surface area contributed by atoms with Crippen LogP contribution < -0.4 is 0 Å². The minimum Gasteiger partial charge on any atom is -0.467 e. The third-order valence-corrected chi connectivity index (χ3v) is 7.15. The maximum atomic E-state index is 13.7. The first-order valence-corrected chi connectivity index (χ1v) is 12.6. The number of fused-ring (bicyclic) bond motifs is 1. The van der Waals surface area contributed by atoms with Gasteiger partial charge in [-0.3, -0.25) is 9.59 Å². The lowest BCUT2D eigenvalue weighted by atomic mass is 9.79. The van der Waals surface area contributed by atoms with Crippen molar-refractivity contribution in [2.45, 2.75) is 18.9 Å². The summed E-state index contributed by atoms with van der Waals surface area (Å²) in [6.07, 6.45) is 2.09. The van der Waals surface area contributed by atoms with Gasteiger partial charge in [0.05, 0.1) is 12.0 Å². The van der Waals surface area contributed by atoms with E-state index in [2.05, 4.69) is 15.9 Å². The van der Waals surface area contributed by atoms with Crippen LogP contribution in [0.1, 0.15) is 45.3 Å². The van der Waals surface area contributed by atoms with E-state index in [9.17, 15) is 14.0 Å². The van der Waals surface area contributed by atoms with E-state index >= 15 is 0 Å². The highest BCUT2D eigenvalue weighted by Crippen LogP contribution is 2.41. The number of furan rings is 1. The molecule has 0 N–H and O–H groups in total. The number of amides is 1. The Balaban J connectivity index is 1.53. The highest BCUT2D eigenvalue weighted by molar-refractivity contribution is 9.10. The van der Waals surface area contributed by atoms with E-state index in [-0.39, 0.29) is 12.2 Å². The molecule has 5 nitrogen and oxygen atoms in total. The zero-order chi connectivity index (χ0) is 25.5. The van der Waals surface area contributed by atoms with Crippen molar-refractivity contribution in [3.8, 4) is 0 Å². The Bertz CT molecular complexity index is 1580. The van der Waals surface area contributed by atoms with Gasteiger partial charge in [-0.05, 0) is 65.2 Å². The Labute approximate surface area is 221 Å². The van der Waals surface area contributed by atoms with Crippen LogP contribution in [0, 0.1) is 5.82 Å². The Kier molecular flexibility index (Phi) is 5.93. The Morgan fingerprint density at radius 3 is 2.49 bits per heavy atom. The molecule has 3 aromatic carbocycles. The van der Waals surface area contributed by atoms with Gasteiger partial charge in [0.25, 0.3) is 5.91 Å². The lowest BCUT2D eigenvalue weighted by molar-refractivity contribution is -0.114. The van der Waals surface area contributed by atoms with Gasteiger partial charge in [-0.15, -0.1) is 0 Å². The molecular weight excluding hydrogens is 535 g/mol. The van der Waals surface area contributed by atoms with E-state index in [1.165, 1.54) is 29.3 Å². The number of allylic oxidation sites excluding steroid dienone is 1. The molecule has 0 unspecified atom stereocenters. The summed E-state index contributed by atoms with van der Waals surface area (Å²) in [5.74, 6) is -0.325. The van der Waals surface area contributed by atoms with Crippen molar-refractivity contribution in [3.05, 3.63) is 135 Å². The van der Waals surface area contributed by atoms with Crippen LogP contribution in [0.3, 0.4) is 0 Å². The molecule has 1 amide bonds. The van der Waals surface area contributed by atoms with Gasteiger partial charge in [0.2, 0.25) is 0 Å². The number of ketones is 1. The number of carbonyl (C=O) groups is 2. The summed E-state index contributed by atoms with van der Waals surface area (Å²) in [7, 11) is 0. The summed E-state index contributed by atoms with van der Waals surface area (Å²) in [5, 5.41) is 6.07. The van der Waals surface area contributed by atoms with Crippen LogP contribution in [0.4, 0.5) is 4.39 Å². The molecule has 1 aliphatic heterocycles. The molecule has 182 valence electrons. The highest BCUT2D eigenvalue weighted by Gasteiger charge is 2.39. The average Bonchev–Trinajstić information content (AvgIpc) is 3.59. The zero-order valence-corrected chi connectivity index (χ0v) is 21.1. The van der Waals surface area contributed by atoms with Crippen LogP contribution in [0.25, 0.3) is 5.57 Å². The van der Waals surface area contributed by atoms with E-state index in [4.69, 9.17) is 9.52 Å². The third-order valence-electron chi connectivity index (χ3n) is 6.65. The van der Waals surface area contributed by atoms with Crippen molar-refractivity contribution < 1.29 is 18.4 Å². The van der Waals surface area contributed by atoms with E-state index in [1.807, 2.05) is 48.5 Å². The number of rotatable bonds is 4. The predicted octanol–water partition coefficient (Wildman–Crippen LogP) is 6.75. The molecule has 4 aromatic rings. The van der Waals surface area contributed by atoms with Crippen LogP contribution in [-0.2, 0) is 11.2 Å². The summed E-state index contributed by atoms with van der Waals surface area (Å²) < 4.78 is 20.1. The van der Waals surface area contributed by atoms with Crippen LogP contribution in [-0.4, -0.2) is 22.4 Å². The van der Waals surface area contributed by atoms with E-state index in [1.54, 1.807) is 18.4 Å². The van der Waals surface area contributed by atoms with Crippen LogP contribution in [0.5, 0.6) is 0 Å². The SMILES string of the molecule is O=C1Cc2ccc(Br)cc2C(c2ccccc2)=C1C1=NN(C(=O)c2ccc(F)cc2)[C@H](c2ccco2)C1. The van der Waals surface area contributed by atoms with Crippen molar-refractivity contribution in [1.82, 2.24) is 5.01 Å². The molecule has 37 heavy (non-hydrogen) atoms. The lowest BCUT2D eigenvalue weighted by Gasteiger charge is -2.23. The van der Waals surface area contributed by atoms with Gasteiger partial charge in [-0.2, -0.15) is 5.10 Å². The minimum absolute atomic E-state index is 0.0540. The smallest absolute Gasteiger partial charge is 0.274 e. The second kappa shape index (κ2) is 9.41. The summed E-state index contributed by atoms with van der Waals surface area (Å²) in [5.41, 5.74) is 4.90. The van der Waals surface area contributed by atoms with Gasteiger partial charge in [0.15, 0.2) is 5.78 Å². The third kappa shape index (κ3) is 4.25. The van der Waals surface area contributed by atoms with Gasteiger partial charge >= 0.3 is 0 Å². The molecule has 0 fully saturated rings. The Morgan fingerprint density at radius 2 is 1.76 bits per heavy atom. The molecular formula is C30H20BrFN2O3. The van der Waals surface area contributed by atoms with Crippen LogP contribution in [0.15, 0.2) is 111 Å². The number of carbonyl (C=O) groups excluding carboxylic acids is 2. The molecule has 0 saturated carbocycles. The predicted molar refractivity (Wildman–Crippen MR) is 141 cm³/mol. The van der Waals surface area contributed by atoms with Gasteiger partial charge in [-0.25, -0.2) is 9.40 Å². The number of hydrogen-bond donors (Lipinski definition) is 0. The minimum atomic E-state index is -0.538. The summed E-state index contributed by atoms with van der Waals surface area (Å²) in [6, 6.07) is 24.0. The van der Waals surface area contributed by atoms with Crippen molar-refractivity contribution in [2.24, 2.45) is 5.10 Å². The molecule has 0 spiro atoms. The molecule has 0 radical (unpaired) electrons. The van der Waals surface area contributed by atoms with E-state index < -0.39 is 17.8 Å². The van der Waals surface area contributed by atoms with Crippen molar-refractivity contribution in [3.63, 3.8) is 0 Å². The van der Waals surface area contributed by atoms with Crippen molar-refractivity contribution in [2.75, 3.05) is 0 Å². The second-order valence-corrected chi connectivity index (χ2v) is 9.87. The molecule has 2 heterocycles. The maximum absolute atomic E-state index is 13.7. The van der Waals surface area contributed by atoms with Gasteiger partial charge in [0.1, 0.15) is 17.6 Å². The molecule has 2 aliphatic rings. The fourth-order valence-electron chi connectivity index (χ4n) is 4.96. The molecule has 0 saturated heterocycles. The molecule has 6 rings (SSSR count). The first-order valence-electron chi connectivity index (χ1n) is 11.8. The van der Waals surface area contributed by atoms with Gasteiger partial charge in [-0.1, -0.05) is 52.3 Å². The second-order valence-electron chi connectivity index (χ2n) is 8.96. The fourth-order valence-corrected chi connectivity index (χ4v) is 5.32. The quantitative estimate of drug-likeness (QED) is 0.280. The first-order chi connectivity index (χ1) is 18.0. The largest absolute Gasteiger partial charge is 0.467 e. The Hall–Kier alpha value is -4.10. The maximum Gasteiger partial charge on any atom is 0.274 e. The first kappa shape index (κ1) is 23.3. The molecule has 1 atom stereocenters. The summed E-state index contributed by atoms with van der Waals surface area (Å²) in [4.78, 5) is 27.2. The molecule has 0 bridgehead atoms. The number of halogens is 2. The summed E-state index contributed by atoms with van der Waals surface area (Å²) in [6.45, 7) is 0. The monoisotopic (exact) mass is 554 g/mol. The standard InChI is InChI=1S/C30H20BrFN2O3/c31-21-11-8-20-15-26(35)29(28(23(20)16-21)18-5-2-1-3-6-18)24-17-25(27-7-4-14-37-27)34(33-24)30(36)19-9-12-22(32)13-10-19/h1-14,16,25H,15,17H2/t25-/m0/s1. The fraction of sp³-hybridized carbons (Fsp3) is 0.100. The van der Waals surface area contributed by atoms with Crippen molar-refractivity contribution >= 4 is 38.9 Å². The average molecular weight is 555 g/mol. The lowest BCUT2D eigenvalue weighted by Crippen LogP contribution is -2.26. The van der Waals surface area contributed by atoms with Gasteiger partial charge in [0, 0.05) is 34.0 Å². The highest BCUT2D eigenvalue weighted by atomic mass is 79.9. The van der Waals surface area contributed by atoms with E-state index in [0.717, 1.165) is 26.7 Å². The van der Waals surface area contributed by atoms with E-state index in [0.29, 0.717) is 29.0 Å². The molecule has 1 aromatic heterocycles. The number of nitrogens with zero attached hydrogens (tertiary/aromatic N) is 2. The number of Topliss-reactive ketones (excluding diaryl/α,β-unsaturated/α-hetero) is 1. The van der Waals surface area contributed by atoms with Crippen LogP contribution >= 0.6 is 15.9 Å². The van der Waals surface area contributed by atoms with Gasteiger partial charge < -0.3 is 4.42 Å². The normalized spacial score (nSPS) is 17.1. The summed E-state index contributed by atoms with van der Waals surface area (Å²) >= 11 is 3.57. The number of hydrazone groups is 1. The number of benzene rings is 3. The molecule has 1 aliphatic carbocycles. The molecule has 7 heteroatoms. The van der Waals surface area contributed by atoms with Crippen LogP contribution in [0.2, 0.25) is 0 Å².